The van der Waals surface area contributed by atoms with Gasteiger partial charge in [0.25, 0.3) is 10.1 Å². The van der Waals surface area contributed by atoms with Crippen molar-refractivity contribution in [1.29, 1.82) is 0 Å². The maximum absolute atomic E-state index is 11.8. The van der Waals surface area contributed by atoms with Gasteiger partial charge in [-0.15, -0.1) is 0 Å². The van der Waals surface area contributed by atoms with Crippen molar-refractivity contribution in [3.05, 3.63) is 12.4 Å². The minimum atomic E-state index is -3.58. The standard InChI is InChI=1S/C12H24N2O4S/c1-4-6-7-14-9-8-13(3)12(14)18-19(15,16)11-10-17-5-2/h8-9,12H,4-7,10-11H2,1-3H3. The predicted molar refractivity (Wildman–Crippen MR) is 73.7 cm³/mol. The molecule has 0 N–H and O–H groups in total. The summed E-state index contributed by atoms with van der Waals surface area (Å²) in [6.45, 7) is 5.37. The van der Waals surface area contributed by atoms with Crippen molar-refractivity contribution in [3.8, 4) is 0 Å². The van der Waals surface area contributed by atoms with Gasteiger partial charge in [0.2, 0.25) is 6.35 Å². The summed E-state index contributed by atoms with van der Waals surface area (Å²) in [6, 6.07) is 0. The quantitative estimate of drug-likeness (QED) is 0.470. The van der Waals surface area contributed by atoms with Gasteiger partial charge in [-0.2, -0.15) is 8.42 Å². The van der Waals surface area contributed by atoms with E-state index < -0.39 is 16.5 Å². The van der Waals surface area contributed by atoms with Gasteiger partial charge in [0.15, 0.2) is 0 Å². The Hall–Kier alpha value is -0.790. The van der Waals surface area contributed by atoms with Crippen molar-refractivity contribution in [2.24, 2.45) is 0 Å². The lowest BCUT2D eigenvalue weighted by Crippen LogP contribution is -2.41. The van der Waals surface area contributed by atoms with Gasteiger partial charge in [-0.1, -0.05) is 13.3 Å². The third-order valence-electron chi connectivity index (χ3n) is 2.81. The maximum Gasteiger partial charge on any atom is 0.273 e. The molecule has 1 aliphatic rings. The fraction of sp³-hybridized carbons (Fsp3) is 0.833. The lowest BCUT2D eigenvalue weighted by molar-refractivity contribution is -0.00941. The van der Waals surface area contributed by atoms with Crippen molar-refractivity contribution < 1.29 is 17.3 Å². The number of unbranched alkanes of at least 4 members (excludes halogenated alkanes) is 1. The molecule has 0 saturated heterocycles. The van der Waals surface area contributed by atoms with Gasteiger partial charge in [0.05, 0.1) is 12.4 Å². The van der Waals surface area contributed by atoms with Crippen LogP contribution in [-0.2, 0) is 19.0 Å². The van der Waals surface area contributed by atoms with E-state index in [1.54, 1.807) is 11.9 Å². The molecule has 0 saturated carbocycles. The Kier molecular flexibility index (Phi) is 6.60. The van der Waals surface area contributed by atoms with E-state index in [4.69, 9.17) is 8.92 Å². The average molecular weight is 292 g/mol. The second-order valence-electron chi connectivity index (χ2n) is 4.44. The fourth-order valence-corrected chi connectivity index (χ4v) is 2.63. The molecule has 1 atom stereocenters. The number of ether oxygens (including phenoxy) is 1. The van der Waals surface area contributed by atoms with Crippen LogP contribution in [0.4, 0.5) is 0 Å². The minimum Gasteiger partial charge on any atom is -0.381 e. The Morgan fingerprint density at radius 2 is 2.00 bits per heavy atom. The molecule has 0 aromatic carbocycles. The second kappa shape index (κ2) is 7.72. The van der Waals surface area contributed by atoms with Gasteiger partial charge in [-0.05, 0) is 13.3 Å². The molecule has 1 heterocycles. The number of hydrogen-bond donors (Lipinski definition) is 0. The Balaban J connectivity index is 2.52. The van der Waals surface area contributed by atoms with Gasteiger partial charge >= 0.3 is 0 Å². The Morgan fingerprint density at radius 1 is 1.26 bits per heavy atom. The summed E-state index contributed by atoms with van der Waals surface area (Å²) in [4.78, 5) is 3.63. The normalized spacial score (nSPS) is 19.4. The molecule has 0 fully saturated rings. The smallest absolute Gasteiger partial charge is 0.273 e. The largest absolute Gasteiger partial charge is 0.381 e. The van der Waals surface area contributed by atoms with E-state index in [9.17, 15) is 8.42 Å². The minimum absolute atomic E-state index is 0.118. The fourth-order valence-electron chi connectivity index (χ4n) is 1.71. The van der Waals surface area contributed by atoms with Gasteiger partial charge < -0.3 is 14.5 Å². The molecule has 1 unspecified atom stereocenters. The molecular formula is C12H24N2O4S. The first kappa shape index (κ1) is 16.3. The first-order valence-electron chi connectivity index (χ1n) is 6.65. The number of nitrogens with zero attached hydrogens (tertiary/aromatic N) is 2. The van der Waals surface area contributed by atoms with Crippen LogP contribution in [0.5, 0.6) is 0 Å². The molecule has 19 heavy (non-hydrogen) atoms. The van der Waals surface area contributed by atoms with Crippen LogP contribution in [-0.4, -0.2) is 57.1 Å². The molecule has 0 spiro atoms. The highest BCUT2D eigenvalue weighted by Crippen LogP contribution is 2.18. The van der Waals surface area contributed by atoms with Crippen molar-refractivity contribution in [1.82, 2.24) is 9.80 Å². The second-order valence-corrected chi connectivity index (χ2v) is 6.15. The van der Waals surface area contributed by atoms with E-state index in [-0.39, 0.29) is 12.4 Å². The van der Waals surface area contributed by atoms with E-state index in [0.717, 1.165) is 19.4 Å². The molecule has 7 heteroatoms. The molecule has 0 radical (unpaired) electrons. The first-order valence-corrected chi connectivity index (χ1v) is 8.22. The summed E-state index contributed by atoms with van der Waals surface area (Å²) < 4.78 is 34.0. The third-order valence-corrected chi connectivity index (χ3v) is 3.94. The monoisotopic (exact) mass is 292 g/mol. The Morgan fingerprint density at radius 3 is 2.63 bits per heavy atom. The zero-order chi connectivity index (χ0) is 14.3. The SMILES string of the molecule is CCCCN1C=CN(C)C1OS(=O)(=O)CCOCC. The molecule has 0 aromatic heterocycles. The molecule has 0 amide bonds. The molecule has 1 rings (SSSR count). The average Bonchev–Trinajstić information content (AvgIpc) is 2.68. The van der Waals surface area contributed by atoms with Gasteiger partial charge in [-0.25, -0.2) is 4.18 Å². The van der Waals surface area contributed by atoms with E-state index in [0.29, 0.717) is 6.61 Å². The highest BCUT2D eigenvalue weighted by atomic mass is 32.2. The van der Waals surface area contributed by atoms with Crippen molar-refractivity contribution >= 4 is 10.1 Å². The van der Waals surface area contributed by atoms with Crippen LogP contribution in [0.25, 0.3) is 0 Å². The summed E-state index contributed by atoms with van der Waals surface area (Å²) in [6.07, 6.45) is 5.16. The molecule has 0 aromatic rings. The zero-order valence-corrected chi connectivity index (χ0v) is 12.7. The molecular weight excluding hydrogens is 268 g/mol. The van der Waals surface area contributed by atoms with E-state index >= 15 is 0 Å². The molecule has 112 valence electrons. The summed E-state index contributed by atoms with van der Waals surface area (Å²) in [5, 5.41) is 0. The summed E-state index contributed by atoms with van der Waals surface area (Å²) in [5.41, 5.74) is 0. The van der Waals surface area contributed by atoms with Crippen LogP contribution in [0.15, 0.2) is 12.4 Å². The summed E-state index contributed by atoms with van der Waals surface area (Å²) in [5.74, 6) is -0.118. The number of rotatable bonds is 9. The Labute approximate surface area is 116 Å². The van der Waals surface area contributed by atoms with E-state index in [1.807, 2.05) is 24.2 Å². The lowest BCUT2D eigenvalue weighted by Gasteiger charge is -2.29. The zero-order valence-electron chi connectivity index (χ0n) is 11.9. The summed E-state index contributed by atoms with van der Waals surface area (Å²) in [7, 11) is -1.78. The highest BCUT2D eigenvalue weighted by Gasteiger charge is 2.29. The molecule has 0 bridgehead atoms. The van der Waals surface area contributed by atoms with Crippen LogP contribution >= 0.6 is 0 Å². The first-order chi connectivity index (χ1) is 9.00. The lowest BCUT2D eigenvalue weighted by atomic mass is 10.3. The van der Waals surface area contributed by atoms with Crippen LogP contribution in [0.2, 0.25) is 0 Å². The van der Waals surface area contributed by atoms with Gasteiger partial charge in [-0.3, -0.25) is 0 Å². The number of hydrogen-bond acceptors (Lipinski definition) is 6. The van der Waals surface area contributed by atoms with Gasteiger partial charge in [0, 0.05) is 32.6 Å². The van der Waals surface area contributed by atoms with E-state index in [1.165, 1.54) is 0 Å². The van der Waals surface area contributed by atoms with E-state index in [2.05, 4.69) is 6.92 Å². The summed E-state index contributed by atoms with van der Waals surface area (Å²) >= 11 is 0. The molecule has 0 aliphatic carbocycles. The van der Waals surface area contributed by atoms with Crippen LogP contribution < -0.4 is 0 Å². The predicted octanol–water partition coefficient (Wildman–Crippen LogP) is 1.17. The maximum atomic E-state index is 11.8. The highest BCUT2D eigenvalue weighted by molar-refractivity contribution is 7.86. The third kappa shape index (κ3) is 5.38. The Bertz CT molecular complexity index is 383. The van der Waals surface area contributed by atoms with Crippen molar-refractivity contribution in [3.63, 3.8) is 0 Å². The molecule has 6 nitrogen and oxygen atoms in total. The van der Waals surface area contributed by atoms with Crippen LogP contribution in [0.1, 0.15) is 26.7 Å². The van der Waals surface area contributed by atoms with Crippen LogP contribution in [0, 0.1) is 0 Å². The topological polar surface area (TPSA) is 59.1 Å². The molecule has 1 aliphatic heterocycles. The van der Waals surface area contributed by atoms with Gasteiger partial charge in [0.1, 0.15) is 0 Å². The van der Waals surface area contributed by atoms with Crippen molar-refractivity contribution in [2.45, 2.75) is 33.0 Å². The van der Waals surface area contributed by atoms with Crippen molar-refractivity contribution in [2.75, 3.05) is 32.6 Å². The van der Waals surface area contributed by atoms with Crippen LogP contribution in [0.3, 0.4) is 0 Å².